The zero-order valence-corrected chi connectivity index (χ0v) is 13.9. The molecule has 0 N–H and O–H groups in total. The van der Waals surface area contributed by atoms with Crippen molar-refractivity contribution in [1.82, 2.24) is 14.5 Å². The number of hydrogen-bond donors (Lipinski definition) is 0. The molecule has 1 heterocycles. The van der Waals surface area contributed by atoms with E-state index in [4.69, 9.17) is 11.6 Å². The summed E-state index contributed by atoms with van der Waals surface area (Å²) in [7, 11) is 1.83. The van der Waals surface area contributed by atoms with Crippen LogP contribution in [0.2, 0.25) is 5.02 Å². The zero-order valence-electron chi connectivity index (χ0n) is 13.2. The molecule has 1 aliphatic rings. The molecule has 1 aromatic heterocycles. The van der Waals surface area contributed by atoms with Crippen LogP contribution in [0.1, 0.15) is 32.1 Å². The number of aromatic nitrogens is 2. The standard InChI is InChI=1S/C17H20ClN3O2/c1-20(13-5-3-2-4-6-13)16(22)10-21-11-19-15-8-7-12(18)9-14(15)17(21)23/h7-9,11,13H,2-6,10H2,1H3. The Morgan fingerprint density at radius 2 is 2.09 bits per heavy atom. The fourth-order valence-electron chi connectivity index (χ4n) is 3.17. The summed E-state index contributed by atoms with van der Waals surface area (Å²) in [5.74, 6) is -0.0535. The molecule has 1 aliphatic carbocycles. The minimum Gasteiger partial charge on any atom is -0.341 e. The van der Waals surface area contributed by atoms with E-state index in [0.717, 1.165) is 25.7 Å². The second-order valence-electron chi connectivity index (χ2n) is 6.14. The fraction of sp³-hybridized carbons (Fsp3) is 0.471. The van der Waals surface area contributed by atoms with Crippen molar-refractivity contribution in [1.29, 1.82) is 0 Å². The molecule has 6 heteroatoms. The van der Waals surface area contributed by atoms with Crippen molar-refractivity contribution in [2.75, 3.05) is 7.05 Å². The van der Waals surface area contributed by atoms with Crippen molar-refractivity contribution in [2.24, 2.45) is 0 Å². The van der Waals surface area contributed by atoms with Gasteiger partial charge in [0.05, 0.1) is 17.2 Å². The lowest BCUT2D eigenvalue weighted by Gasteiger charge is -2.31. The lowest BCUT2D eigenvalue weighted by Crippen LogP contribution is -2.41. The Kier molecular flexibility index (Phi) is 4.66. The molecule has 0 unspecified atom stereocenters. The number of rotatable bonds is 3. The number of fused-ring (bicyclic) bond motifs is 1. The quantitative estimate of drug-likeness (QED) is 0.868. The maximum atomic E-state index is 12.5. The second kappa shape index (κ2) is 6.71. The first-order valence-electron chi connectivity index (χ1n) is 7.96. The van der Waals surface area contributed by atoms with E-state index in [1.807, 2.05) is 7.05 Å². The van der Waals surface area contributed by atoms with E-state index < -0.39 is 0 Å². The summed E-state index contributed by atoms with van der Waals surface area (Å²) in [5, 5.41) is 0.924. The first-order chi connectivity index (χ1) is 11.1. The van der Waals surface area contributed by atoms with Crippen LogP contribution in [0.5, 0.6) is 0 Å². The first-order valence-corrected chi connectivity index (χ1v) is 8.34. The molecule has 0 saturated heterocycles. The second-order valence-corrected chi connectivity index (χ2v) is 6.57. The number of carbonyl (C=O) groups is 1. The van der Waals surface area contributed by atoms with Gasteiger partial charge in [-0.3, -0.25) is 14.2 Å². The molecule has 3 rings (SSSR count). The third-order valence-electron chi connectivity index (χ3n) is 4.61. The fourth-order valence-corrected chi connectivity index (χ4v) is 3.35. The molecule has 0 radical (unpaired) electrons. The van der Waals surface area contributed by atoms with E-state index in [9.17, 15) is 9.59 Å². The van der Waals surface area contributed by atoms with E-state index >= 15 is 0 Å². The summed E-state index contributed by atoms with van der Waals surface area (Å²) in [6.07, 6.45) is 7.10. The summed E-state index contributed by atoms with van der Waals surface area (Å²) >= 11 is 5.95. The number of amides is 1. The minimum absolute atomic E-state index is 0.0152. The van der Waals surface area contributed by atoms with Crippen molar-refractivity contribution >= 4 is 28.4 Å². The van der Waals surface area contributed by atoms with Crippen molar-refractivity contribution in [3.8, 4) is 0 Å². The van der Waals surface area contributed by atoms with Gasteiger partial charge in [0, 0.05) is 18.1 Å². The van der Waals surface area contributed by atoms with Crippen molar-refractivity contribution in [3.05, 3.63) is 39.9 Å². The molecular weight excluding hydrogens is 314 g/mol. The Balaban J connectivity index is 1.82. The van der Waals surface area contributed by atoms with Crippen LogP contribution in [0.15, 0.2) is 29.3 Å². The van der Waals surface area contributed by atoms with Gasteiger partial charge in [0.2, 0.25) is 5.91 Å². The van der Waals surface area contributed by atoms with Gasteiger partial charge < -0.3 is 4.90 Å². The highest BCUT2D eigenvalue weighted by Gasteiger charge is 2.22. The molecule has 1 saturated carbocycles. The Bertz CT molecular complexity index is 781. The van der Waals surface area contributed by atoms with Gasteiger partial charge in [0.15, 0.2) is 0 Å². The van der Waals surface area contributed by atoms with Crippen LogP contribution in [0.4, 0.5) is 0 Å². The number of hydrogen-bond acceptors (Lipinski definition) is 3. The van der Waals surface area contributed by atoms with Crippen LogP contribution in [-0.4, -0.2) is 33.4 Å². The van der Waals surface area contributed by atoms with Crippen molar-refractivity contribution in [2.45, 2.75) is 44.7 Å². The van der Waals surface area contributed by atoms with E-state index in [1.165, 1.54) is 17.3 Å². The Labute approximate surface area is 139 Å². The summed E-state index contributed by atoms with van der Waals surface area (Å²) in [6, 6.07) is 5.29. The number of carbonyl (C=O) groups excluding carboxylic acids is 1. The van der Waals surface area contributed by atoms with Gasteiger partial charge in [0.1, 0.15) is 6.54 Å². The van der Waals surface area contributed by atoms with Gasteiger partial charge in [-0.2, -0.15) is 0 Å². The van der Waals surface area contributed by atoms with Crippen LogP contribution in [0, 0.1) is 0 Å². The minimum atomic E-state index is -0.233. The first kappa shape index (κ1) is 16.0. The molecule has 23 heavy (non-hydrogen) atoms. The molecule has 0 spiro atoms. The predicted molar refractivity (Wildman–Crippen MR) is 90.7 cm³/mol. The molecule has 0 bridgehead atoms. The molecule has 0 aliphatic heterocycles. The number of nitrogens with zero attached hydrogens (tertiary/aromatic N) is 3. The van der Waals surface area contributed by atoms with Crippen LogP contribution in [-0.2, 0) is 11.3 Å². The zero-order chi connectivity index (χ0) is 16.4. The SMILES string of the molecule is CN(C(=O)Cn1cnc2ccc(Cl)cc2c1=O)C1CCCCC1. The van der Waals surface area contributed by atoms with Gasteiger partial charge in [-0.1, -0.05) is 30.9 Å². The summed E-state index contributed by atoms with van der Waals surface area (Å²) in [4.78, 5) is 31.0. The lowest BCUT2D eigenvalue weighted by atomic mass is 9.94. The molecule has 1 amide bonds. The van der Waals surface area contributed by atoms with Crippen molar-refractivity contribution in [3.63, 3.8) is 0 Å². The summed E-state index contributed by atoms with van der Waals surface area (Å²) in [5.41, 5.74) is 0.353. The number of likely N-dealkylation sites (N-methyl/N-ethyl adjacent to an activating group) is 1. The molecular formula is C17H20ClN3O2. The topological polar surface area (TPSA) is 55.2 Å². The monoisotopic (exact) mass is 333 g/mol. The van der Waals surface area contributed by atoms with Crippen LogP contribution in [0.25, 0.3) is 10.9 Å². The van der Waals surface area contributed by atoms with Gasteiger partial charge in [0.25, 0.3) is 5.56 Å². The van der Waals surface area contributed by atoms with E-state index in [2.05, 4.69) is 4.98 Å². The van der Waals surface area contributed by atoms with E-state index in [-0.39, 0.29) is 24.1 Å². The van der Waals surface area contributed by atoms with Gasteiger partial charge >= 0.3 is 0 Å². The predicted octanol–water partition coefficient (Wildman–Crippen LogP) is 2.84. The van der Waals surface area contributed by atoms with E-state index in [0.29, 0.717) is 15.9 Å². The average Bonchev–Trinajstić information content (AvgIpc) is 2.58. The number of benzene rings is 1. The number of halogens is 1. The molecule has 122 valence electrons. The normalized spacial score (nSPS) is 15.7. The molecule has 2 aromatic rings. The van der Waals surface area contributed by atoms with E-state index in [1.54, 1.807) is 23.1 Å². The molecule has 1 aromatic carbocycles. The maximum absolute atomic E-state index is 12.5. The Morgan fingerprint density at radius 3 is 2.83 bits per heavy atom. The third kappa shape index (κ3) is 3.39. The highest BCUT2D eigenvalue weighted by molar-refractivity contribution is 6.31. The third-order valence-corrected chi connectivity index (χ3v) is 4.84. The van der Waals surface area contributed by atoms with Gasteiger partial charge in [-0.15, -0.1) is 0 Å². The summed E-state index contributed by atoms with van der Waals surface area (Å²) in [6.45, 7) is 0.0152. The molecule has 1 fully saturated rings. The van der Waals surface area contributed by atoms with Crippen LogP contribution < -0.4 is 5.56 Å². The highest BCUT2D eigenvalue weighted by atomic mass is 35.5. The summed E-state index contributed by atoms with van der Waals surface area (Å²) < 4.78 is 1.36. The van der Waals surface area contributed by atoms with Crippen molar-refractivity contribution < 1.29 is 4.79 Å². The van der Waals surface area contributed by atoms with Crippen LogP contribution >= 0.6 is 11.6 Å². The Hall–Kier alpha value is -1.88. The maximum Gasteiger partial charge on any atom is 0.261 e. The van der Waals surface area contributed by atoms with Gasteiger partial charge in [-0.25, -0.2) is 4.98 Å². The lowest BCUT2D eigenvalue weighted by molar-refractivity contribution is -0.133. The Morgan fingerprint density at radius 1 is 1.35 bits per heavy atom. The average molecular weight is 334 g/mol. The van der Waals surface area contributed by atoms with Crippen LogP contribution in [0.3, 0.4) is 0 Å². The smallest absolute Gasteiger partial charge is 0.261 e. The van der Waals surface area contributed by atoms with Gasteiger partial charge in [-0.05, 0) is 31.0 Å². The molecule has 0 atom stereocenters. The highest BCUT2D eigenvalue weighted by Crippen LogP contribution is 2.21. The largest absolute Gasteiger partial charge is 0.341 e. The molecule has 5 nitrogen and oxygen atoms in total.